The number of nitrogens with one attached hydrogen (secondary N) is 1. The smallest absolute Gasteiger partial charge is 0.144 e. The molecule has 0 aromatic heterocycles. The largest absolute Gasteiger partial charge is 0.486 e. The molecule has 0 bridgehead atoms. The highest BCUT2D eigenvalue weighted by Gasteiger charge is 2.38. The van der Waals surface area contributed by atoms with Crippen LogP contribution in [0.5, 0.6) is 5.75 Å². The highest BCUT2D eigenvalue weighted by molar-refractivity contribution is 6.30. The lowest BCUT2D eigenvalue weighted by Gasteiger charge is -2.44. The van der Waals surface area contributed by atoms with E-state index in [4.69, 9.17) is 16.3 Å². The third-order valence-corrected chi connectivity index (χ3v) is 4.12. The molecule has 1 aliphatic carbocycles. The maximum Gasteiger partial charge on any atom is 0.144 e. The zero-order valence-corrected chi connectivity index (χ0v) is 11.1. The van der Waals surface area contributed by atoms with Crippen molar-refractivity contribution in [3.8, 4) is 5.75 Å². The van der Waals surface area contributed by atoms with Crippen LogP contribution < -0.4 is 10.1 Å². The Balaban J connectivity index is 1.87. The molecule has 3 rings (SSSR count). The van der Waals surface area contributed by atoms with Crippen molar-refractivity contribution in [2.45, 2.75) is 45.3 Å². The molecule has 1 N–H and O–H groups in total. The maximum absolute atomic E-state index is 6.06. The van der Waals surface area contributed by atoms with E-state index in [1.165, 1.54) is 12.8 Å². The third kappa shape index (κ3) is 2.11. The minimum atomic E-state index is 0.300. The summed E-state index contributed by atoms with van der Waals surface area (Å²) in [5, 5.41) is 4.33. The minimum Gasteiger partial charge on any atom is -0.486 e. The summed E-state index contributed by atoms with van der Waals surface area (Å²) in [5.74, 6) is 0.901. The molecule has 0 radical (unpaired) electrons. The Morgan fingerprint density at radius 2 is 2.24 bits per heavy atom. The van der Waals surface area contributed by atoms with Gasteiger partial charge in [-0.2, -0.15) is 0 Å². The van der Waals surface area contributed by atoms with Crippen molar-refractivity contribution in [2.24, 2.45) is 5.41 Å². The van der Waals surface area contributed by atoms with Gasteiger partial charge in [0.2, 0.25) is 0 Å². The highest BCUT2D eigenvalue weighted by atomic mass is 35.5. The molecule has 1 aromatic carbocycles. The third-order valence-electron chi connectivity index (χ3n) is 3.89. The summed E-state index contributed by atoms with van der Waals surface area (Å²) < 4.78 is 6.06. The van der Waals surface area contributed by atoms with Gasteiger partial charge in [-0.05, 0) is 36.8 Å². The van der Waals surface area contributed by atoms with Gasteiger partial charge >= 0.3 is 0 Å². The van der Waals surface area contributed by atoms with Gasteiger partial charge in [-0.3, -0.25) is 0 Å². The quantitative estimate of drug-likeness (QED) is 0.750. The van der Waals surface area contributed by atoms with Crippen molar-refractivity contribution in [3.63, 3.8) is 0 Å². The predicted molar refractivity (Wildman–Crippen MR) is 70.9 cm³/mol. The summed E-state index contributed by atoms with van der Waals surface area (Å²) >= 11 is 5.99. The van der Waals surface area contributed by atoms with Crippen LogP contribution in [0.2, 0.25) is 5.02 Å². The van der Waals surface area contributed by atoms with E-state index in [-0.39, 0.29) is 0 Å². The fourth-order valence-electron chi connectivity index (χ4n) is 2.92. The number of hydrogen-bond acceptors (Lipinski definition) is 2. The van der Waals surface area contributed by atoms with E-state index in [1.54, 1.807) is 0 Å². The van der Waals surface area contributed by atoms with E-state index in [0.29, 0.717) is 17.6 Å². The van der Waals surface area contributed by atoms with Crippen LogP contribution in [0, 0.1) is 5.41 Å². The molecule has 2 nitrogen and oxygen atoms in total. The molecule has 1 aromatic rings. The second-order valence-electron chi connectivity index (χ2n) is 5.95. The SMILES string of the molecule is CC1(C)CCC2Oc3cc(Cl)ccc3NC2C1. The van der Waals surface area contributed by atoms with E-state index in [1.807, 2.05) is 18.2 Å². The first-order valence-electron chi connectivity index (χ1n) is 6.26. The topological polar surface area (TPSA) is 21.3 Å². The molecule has 1 fully saturated rings. The Hall–Kier alpha value is -0.890. The maximum atomic E-state index is 6.06. The van der Waals surface area contributed by atoms with Crippen molar-refractivity contribution in [1.29, 1.82) is 0 Å². The van der Waals surface area contributed by atoms with E-state index >= 15 is 0 Å². The van der Waals surface area contributed by atoms with Crippen LogP contribution in [0.25, 0.3) is 0 Å². The van der Waals surface area contributed by atoms with Gasteiger partial charge in [-0.15, -0.1) is 0 Å². The molecule has 1 saturated carbocycles. The van der Waals surface area contributed by atoms with Gasteiger partial charge < -0.3 is 10.1 Å². The first-order chi connectivity index (χ1) is 8.03. The summed E-state index contributed by atoms with van der Waals surface area (Å²) in [6, 6.07) is 6.26. The Morgan fingerprint density at radius 3 is 3.06 bits per heavy atom. The number of benzene rings is 1. The molecule has 17 heavy (non-hydrogen) atoms. The average Bonchev–Trinajstić information content (AvgIpc) is 2.26. The zero-order valence-electron chi connectivity index (χ0n) is 10.3. The van der Waals surface area contributed by atoms with E-state index in [9.17, 15) is 0 Å². The molecule has 92 valence electrons. The Bertz CT molecular complexity index is 444. The first kappa shape index (κ1) is 11.2. The molecule has 2 aliphatic rings. The van der Waals surface area contributed by atoms with Crippen molar-refractivity contribution in [3.05, 3.63) is 23.2 Å². The lowest BCUT2D eigenvalue weighted by atomic mass is 9.73. The molecule has 1 aliphatic heterocycles. The predicted octanol–water partition coefficient (Wildman–Crippen LogP) is 4.09. The Morgan fingerprint density at radius 1 is 1.41 bits per heavy atom. The standard InChI is InChI=1S/C14H18ClNO/c1-14(2)6-5-12-11(8-14)16-10-4-3-9(15)7-13(10)17-12/h3-4,7,11-12,16H,5-6,8H2,1-2H3. The van der Waals surface area contributed by atoms with Gasteiger partial charge in [0.25, 0.3) is 0 Å². The van der Waals surface area contributed by atoms with Gasteiger partial charge in [-0.25, -0.2) is 0 Å². The first-order valence-corrected chi connectivity index (χ1v) is 6.64. The van der Waals surface area contributed by atoms with Crippen LogP contribution in [-0.4, -0.2) is 12.1 Å². The summed E-state index contributed by atoms with van der Waals surface area (Å²) in [6.07, 6.45) is 3.82. The molecule has 0 spiro atoms. The normalized spacial score (nSPS) is 29.6. The van der Waals surface area contributed by atoms with Crippen LogP contribution in [0.1, 0.15) is 33.1 Å². The fraction of sp³-hybridized carbons (Fsp3) is 0.571. The number of fused-ring (bicyclic) bond motifs is 2. The number of halogens is 1. The van der Waals surface area contributed by atoms with Gasteiger partial charge in [-0.1, -0.05) is 25.4 Å². The second kappa shape index (κ2) is 3.81. The van der Waals surface area contributed by atoms with E-state index < -0.39 is 0 Å². The molecule has 3 heteroatoms. The Labute approximate surface area is 107 Å². The van der Waals surface area contributed by atoms with Crippen LogP contribution in [0.15, 0.2) is 18.2 Å². The van der Waals surface area contributed by atoms with Gasteiger partial charge in [0, 0.05) is 11.1 Å². The number of ether oxygens (including phenoxy) is 1. The number of hydrogen-bond donors (Lipinski definition) is 1. The van der Waals surface area contributed by atoms with Crippen LogP contribution in [0.4, 0.5) is 5.69 Å². The molecule has 1 heterocycles. The molecule has 2 atom stereocenters. The number of rotatable bonds is 0. The molecule has 2 unspecified atom stereocenters. The van der Waals surface area contributed by atoms with Gasteiger partial charge in [0.15, 0.2) is 0 Å². The highest BCUT2D eigenvalue weighted by Crippen LogP contribution is 2.43. The molecule has 0 saturated heterocycles. The lowest BCUT2D eigenvalue weighted by Crippen LogP contribution is -2.47. The summed E-state index contributed by atoms with van der Waals surface area (Å²) in [5.41, 5.74) is 1.50. The summed E-state index contributed by atoms with van der Waals surface area (Å²) in [6.45, 7) is 4.67. The van der Waals surface area contributed by atoms with Gasteiger partial charge in [0.1, 0.15) is 11.9 Å². The van der Waals surface area contributed by atoms with E-state index in [2.05, 4.69) is 19.2 Å². The minimum absolute atomic E-state index is 0.300. The second-order valence-corrected chi connectivity index (χ2v) is 6.39. The van der Waals surface area contributed by atoms with Gasteiger partial charge in [0.05, 0.1) is 11.7 Å². The van der Waals surface area contributed by atoms with Crippen molar-refractivity contribution < 1.29 is 4.74 Å². The molecular formula is C14H18ClNO. The molecular weight excluding hydrogens is 234 g/mol. The summed E-state index contributed by atoms with van der Waals surface area (Å²) in [7, 11) is 0. The van der Waals surface area contributed by atoms with E-state index in [0.717, 1.165) is 22.9 Å². The molecule has 0 amide bonds. The lowest BCUT2D eigenvalue weighted by molar-refractivity contribution is 0.0777. The number of anilines is 1. The average molecular weight is 252 g/mol. The van der Waals surface area contributed by atoms with Crippen LogP contribution >= 0.6 is 11.6 Å². The Kier molecular flexibility index (Phi) is 2.51. The van der Waals surface area contributed by atoms with Crippen LogP contribution in [-0.2, 0) is 0 Å². The van der Waals surface area contributed by atoms with Crippen LogP contribution in [0.3, 0.4) is 0 Å². The van der Waals surface area contributed by atoms with Crippen molar-refractivity contribution >= 4 is 17.3 Å². The van der Waals surface area contributed by atoms with Crippen molar-refractivity contribution in [1.82, 2.24) is 0 Å². The monoisotopic (exact) mass is 251 g/mol. The summed E-state index contributed by atoms with van der Waals surface area (Å²) in [4.78, 5) is 0. The fourth-order valence-corrected chi connectivity index (χ4v) is 3.09. The zero-order chi connectivity index (χ0) is 12.0. The van der Waals surface area contributed by atoms with Crippen molar-refractivity contribution in [2.75, 3.05) is 5.32 Å².